The van der Waals surface area contributed by atoms with E-state index in [2.05, 4.69) is 5.32 Å². The van der Waals surface area contributed by atoms with E-state index in [1.54, 1.807) is 0 Å². The lowest BCUT2D eigenvalue weighted by atomic mass is 10.1. The Balaban J connectivity index is 1.98. The Morgan fingerprint density at radius 3 is 2.65 bits per heavy atom. The van der Waals surface area contributed by atoms with Crippen molar-refractivity contribution in [2.75, 3.05) is 5.32 Å². The van der Waals surface area contributed by atoms with Crippen LogP contribution in [0.2, 0.25) is 4.34 Å². The normalized spacial score (nSPS) is 10.2. The second-order valence-electron chi connectivity index (χ2n) is 3.78. The summed E-state index contributed by atoms with van der Waals surface area (Å²) in [5.41, 5.74) is 2.00. The van der Waals surface area contributed by atoms with E-state index in [0.717, 1.165) is 20.5 Å². The SMILES string of the molecule is Cc1cc(NC(=O)Cc2ccccc2)sc1Cl. The van der Waals surface area contributed by atoms with E-state index in [0.29, 0.717) is 6.42 Å². The van der Waals surface area contributed by atoms with Gasteiger partial charge in [-0.2, -0.15) is 0 Å². The molecule has 88 valence electrons. The number of carbonyl (C=O) groups is 1. The number of carbonyl (C=O) groups excluding carboxylic acids is 1. The highest BCUT2D eigenvalue weighted by molar-refractivity contribution is 7.20. The number of anilines is 1. The quantitative estimate of drug-likeness (QED) is 0.896. The molecule has 2 nitrogen and oxygen atoms in total. The van der Waals surface area contributed by atoms with Crippen LogP contribution in [0.4, 0.5) is 5.00 Å². The summed E-state index contributed by atoms with van der Waals surface area (Å²) in [4.78, 5) is 11.8. The van der Waals surface area contributed by atoms with Crippen molar-refractivity contribution in [3.05, 3.63) is 51.9 Å². The average Bonchev–Trinajstić information content (AvgIpc) is 2.59. The number of nitrogens with one attached hydrogen (secondary N) is 1. The Morgan fingerprint density at radius 1 is 1.35 bits per heavy atom. The molecule has 0 bridgehead atoms. The van der Waals surface area contributed by atoms with E-state index >= 15 is 0 Å². The molecule has 1 aromatic heterocycles. The van der Waals surface area contributed by atoms with Crippen molar-refractivity contribution in [3.8, 4) is 0 Å². The molecule has 0 unspecified atom stereocenters. The lowest BCUT2D eigenvalue weighted by Gasteiger charge is -2.02. The van der Waals surface area contributed by atoms with Crippen LogP contribution in [0, 0.1) is 6.92 Å². The van der Waals surface area contributed by atoms with Gasteiger partial charge in [0.25, 0.3) is 0 Å². The fraction of sp³-hybridized carbons (Fsp3) is 0.154. The van der Waals surface area contributed by atoms with Gasteiger partial charge in [-0.1, -0.05) is 41.9 Å². The molecule has 0 radical (unpaired) electrons. The number of aryl methyl sites for hydroxylation is 1. The van der Waals surface area contributed by atoms with Gasteiger partial charge in [0, 0.05) is 0 Å². The second kappa shape index (κ2) is 5.34. The number of amides is 1. The zero-order valence-electron chi connectivity index (χ0n) is 9.37. The summed E-state index contributed by atoms with van der Waals surface area (Å²) < 4.78 is 0.722. The smallest absolute Gasteiger partial charge is 0.229 e. The molecule has 0 aliphatic rings. The molecular weight excluding hydrogens is 254 g/mol. The maximum absolute atomic E-state index is 11.8. The molecule has 0 saturated carbocycles. The molecule has 0 aliphatic heterocycles. The highest BCUT2D eigenvalue weighted by atomic mass is 35.5. The fourth-order valence-electron chi connectivity index (χ4n) is 1.48. The summed E-state index contributed by atoms with van der Waals surface area (Å²) >= 11 is 7.33. The van der Waals surface area contributed by atoms with Crippen LogP contribution < -0.4 is 5.32 Å². The van der Waals surface area contributed by atoms with Gasteiger partial charge in [0.15, 0.2) is 0 Å². The minimum absolute atomic E-state index is 0.0193. The number of thiophene rings is 1. The predicted molar refractivity (Wildman–Crippen MR) is 72.8 cm³/mol. The van der Waals surface area contributed by atoms with Crippen molar-refractivity contribution in [2.24, 2.45) is 0 Å². The lowest BCUT2D eigenvalue weighted by molar-refractivity contribution is -0.115. The van der Waals surface area contributed by atoms with Crippen molar-refractivity contribution >= 4 is 33.8 Å². The number of hydrogen-bond donors (Lipinski definition) is 1. The molecular formula is C13H12ClNOS. The van der Waals surface area contributed by atoms with E-state index in [1.165, 1.54) is 11.3 Å². The van der Waals surface area contributed by atoms with Gasteiger partial charge in [-0.25, -0.2) is 0 Å². The molecule has 2 rings (SSSR count). The molecule has 0 spiro atoms. The first-order valence-corrected chi connectivity index (χ1v) is 6.44. The fourth-order valence-corrected chi connectivity index (χ4v) is 2.60. The van der Waals surface area contributed by atoms with Crippen LogP contribution in [0.5, 0.6) is 0 Å². The standard InChI is InChI=1S/C13H12ClNOS/c1-9-7-12(17-13(9)14)15-11(16)8-10-5-3-2-4-6-10/h2-7H,8H2,1H3,(H,15,16). The monoisotopic (exact) mass is 265 g/mol. The molecule has 1 amide bonds. The maximum atomic E-state index is 11.8. The average molecular weight is 266 g/mol. The van der Waals surface area contributed by atoms with Crippen molar-refractivity contribution in [1.29, 1.82) is 0 Å². The third kappa shape index (κ3) is 3.32. The Bertz CT molecular complexity index is 502. The molecule has 2 aromatic rings. The molecule has 1 aromatic carbocycles. The van der Waals surface area contributed by atoms with Crippen LogP contribution in [0.1, 0.15) is 11.1 Å². The number of benzene rings is 1. The first-order valence-electron chi connectivity index (χ1n) is 5.25. The minimum atomic E-state index is -0.0193. The first kappa shape index (κ1) is 12.1. The van der Waals surface area contributed by atoms with Crippen LogP contribution in [0.3, 0.4) is 0 Å². The zero-order valence-corrected chi connectivity index (χ0v) is 10.9. The molecule has 17 heavy (non-hydrogen) atoms. The van der Waals surface area contributed by atoms with Gasteiger partial charge < -0.3 is 5.32 Å². The summed E-state index contributed by atoms with van der Waals surface area (Å²) in [6, 6.07) is 11.5. The van der Waals surface area contributed by atoms with Crippen LogP contribution in [0.25, 0.3) is 0 Å². The van der Waals surface area contributed by atoms with Crippen molar-refractivity contribution in [3.63, 3.8) is 0 Å². The van der Waals surface area contributed by atoms with E-state index in [-0.39, 0.29) is 5.91 Å². The van der Waals surface area contributed by atoms with E-state index in [9.17, 15) is 4.79 Å². The minimum Gasteiger partial charge on any atom is -0.317 e. The Morgan fingerprint density at radius 2 is 2.06 bits per heavy atom. The molecule has 0 fully saturated rings. The van der Waals surface area contributed by atoms with Crippen LogP contribution >= 0.6 is 22.9 Å². The van der Waals surface area contributed by atoms with Gasteiger partial charge in [0.1, 0.15) is 0 Å². The molecule has 0 atom stereocenters. The molecule has 1 N–H and O–H groups in total. The predicted octanol–water partition coefficient (Wildman–Crippen LogP) is 3.89. The van der Waals surface area contributed by atoms with E-state index in [1.807, 2.05) is 43.3 Å². The van der Waals surface area contributed by atoms with Gasteiger partial charge in [0.2, 0.25) is 5.91 Å². The maximum Gasteiger partial charge on any atom is 0.229 e. The highest BCUT2D eigenvalue weighted by Gasteiger charge is 2.07. The largest absolute Gasteiger partial charge is 0.317 e. The second-order valence-corrected chi connectivity index (χ2v) is 5.43. The van der Waals surface area contributed by atoms with Gasteiger partial charge in [-0.3, -0.25) is 4.79 Å². The van der Waals surface area contributed by atoms with Crippen molar-refractivity contribution in [1.82, 2.24) is 0 Å². The van der Waals surface area contributed by atoms with Crippen molar-refractivity contribution < 1.29 is 4.79 Å². The summed E-state index contributed by atoms with van der Waals surface area (Å²) in [7, 11) is 0. The summed E-state index contributed by atoms with van der Waals surface area (Å²) in [5.74, 6) is -0.0193. The van der Waals surface area contributed by atoms with Crippen molar-refractivity contribution in [2.45, 2.75) is 13.3 Å². The molecule has 0 saturated heterocycles. The molecule has 4 heteroatoms. The molecule has 0 aliphatic carbocycles. The Labute approximate surface area is 109 Å². The number of rotatable bonds is 3. The number of hydrogen-bond acceptors (Lipinski definition) is 2. The highest BCUT2D eigenvalue weighted by Crippen LogP contribution is 2.30. The Hall–Kier alpha value is -1.32. The van der Waals surface area contributed by atoms with Crippen LogP contribution in [0.15, 0.2) is 36.4 Å². The van der Waals surface area contributed by atoms with E-state index < -0.39 is 0 Å². The molecule has 1 heterocycles. The van der Waals surface area contributed by atoms with Gasteiger partial charge in [0.05, 0.1) is 15.8 Å². The third-order valence-electron chi connectivity index (χ3n) is 2.33. The van der Waals surface area contributed by atoms with Crippen LogP contribution in [-0.4, -0.2) is 5.91 Å². The summed E-state index contributed by atoms with van der Waals surface area (Å²) in [6.45, 7) is 1.92. The van der Waals surface area contributed by atoms with Crippen LogP contribution in [-0.2, 0) is 11.2 Å². The van der Waals surface area contributed by atoms with Gasteiger partial charge >= 0.3 is 0 Å². The topological polar surface area (TPSA) is 29.1 Å². The zero-order chi connectivity index (χ0) is 12.3. The summed E-state index contributed by atoms with van der Waals surface area (Å²) in [6.07, 6.45) is 0.384. The first-order chi connectivity index (χ1) is 8.15. The summed E-state index contributed by atoms with van der Waals surface area (Å²) in [5, 5.41) is 3.65. The third-order valence-corrected chi connectivity index (χ3v) is 3.80. The van der Waals surface area contributed by atoms with Gasteiger partial charge in [-0.05, 0) is 24.1 Å². The van der Waals surface area contributed by atoms with E-state index in [4.69, 9.17) is 11.6 Å². The Kier molecular flexibility index (Phi) is 3.82. The lowest BCUT2D eigenvalue weighted by Crippen LogP contribution is -2.13. The number of halogens is 1. The van der Waals surface area contributed by atoms with Gasteiger partial charge in [-0.15, -0.1) is 11.3 Å².